The summed E-state index contributed by atoms with van der Waals surface area (Å²) in [6.45, 7) is 3.17. The number of rotatable bonds is 2. The molecule has 1 aromatic heterocycles. The fraction of sp³-hybridized carbons (Fsp3) is 0.421. The zero-order chi connectivity index (χ0) is 15.8. The molecule has 2 atom stereocenters. The fourth-order valence-electron chi connectivity index (χ4n) is 3.70. The highest BCUT2D eigenvalue weighted by atomic mass is 32.1. The average molecular weight is 326 g/mol. The lowest BCUT2D eigenvalue weighted by Gasteiger charge is -2.28. The fourth-order valence-corrected chi connectivity index (χ4v) is 4.88. The summed E-state index contributed by atoms with van der Waals surface area (Å²) in [5.41, 5.74) is 4.05. The number of fused-ring (bicyclic) bond motifs is 3. The number of carbonyl (C=O) groups is 1. The summed E-state index contributed by atoms with van der Waals surface area (Å²) < 4.78 is 0. The lowest BCUT2D eigenvalue weighted by atomic mass is 9.91. The third-order valence-corrected chi connectivity index (χ3v) is 6.13. The molecule has 23 heavy (non-hydrogen) atoms. The summed E-state index contributed by atoms with van der Waals surface area (Å²) in [5, 5.41) is 6.66. The lowest BCUT2D eigenvalue weighted by molar-refractivity contribution is 0.0930. The Hall–Kier alpha value is -1.65. The van der Waals surface area contributed by atoms with E-state index in [0.717, 1.165) is 37.1 Å². The molecular formula is C19H22N2OS. The van der Waals surface area contributed by atoms with Crippen LogP contribution in [0.2, 0.25) is 0 Å². The molecule has 2 aromatic rings. The van der Waals surface area contributed by atoms with Gasteiger partial charge < -0.3 is 10.6 Å². The van der Waals surface area contributed by atoms with E-state index in [2.05, 4.69) is 47.9 Å². The molecule has 1 aliphatic heterocycles. The highest BCUT2D eigenvalue weighted by Crippen LogP contribution is 2.39. The monoisotopic (exact) mass is 326 g/mol. The first-order chi connectivity index (χ1) is 11.2. The van der Waals surface area contributed by atoms with Crippen LogP contribution in [0.3, 0.4) is 0 Å². The van der Waals surface area contributed by atoms with Crippen LogP contribution < -0.4 is 10.6 Å². The molecule has 2 unspecified atom stereocenters. The summed E-state index contributed by atoms with van der Waals surface area (Å²) in [4.78, 5) is 14.8. The van der Waals surface area contributed by atoms with Crippen LogP contribution >= 0.6 is 11.3 Å². The average Bonchev–Trinajstić information content (AvgIpc) is 3.00. The van der Waals surface area contributed by atoms with Crippen molar-refractivity contribution < 1.29 is 4.79 Å². The smallest absolute Gasteiger partial charge is 0.261 e. The van der Waals surface area contributed by atoms with Crippen molar-refractivity contribution in [2.24, 2.45) is 0 Å². The number of piperidine rings is 1. The van der Waals surface area contributed by atoms with Crippen LogP contribution in [0.5, 0.6) is 0 Å². The predicted molar refractivity (Wildman–Crippen MR) is 95.1 cm³/mol. The van der Waals surface area contributed by atoms with Crippen LogP contribution in [0.4, 0.5) is 0 Å². The van der Waals surface area contributed by atoms with Crippen LogP contribution in [-0.4, -0.2) is 24.5 Å². The Balaban J connectivity index is 1.55. The minimum absolute atomic E-state index is 0.0981. The molecule has 3 nitrogen and oxygen atoms in total. The SMILES string of the molecule is CC1CC(NC(=O)c2cc3c(s2)-c2ccccc2CC3)CCN1. The first-order valence-electron chi connectivity index (χ1n) is 8.46. The standard InChI is InChI=1S/C19H22N2OS/c1-12-10-15(8-9-20-12)21-19(22)17-11-14-7-6-13-4-2-3-5-16(13)18(14)23-17/h2-5,11-12,15,20H,6-10H2,1H3,(H,21,22). The van der Waals surface area contributed by atoms with Crippen LogP contribution in [0.15, 0.2) is 30.3 Å². The summed E-state index contributed by atoms with van der Waals surface area (Å²) in [6.07, 6.45) is 4.15. The molecule has 120 valence electrons. The van der Waals surface area contributed by atoms with Crippen molar-refractivity contribution in [3.05, 3.63) is 46.3 Å². The maximum atomic E-state index is 12.6. The summed E-state index contributed by atoms with van der Waals surface area (Å²) >= 11 is 1.65. The minimum atomic E-state index is 0.0981. The lowest BCUT2D eigenvalue weighted by Crippen LogP contribution is -2.46. The minimum Gasteiger partial charge on any atom is -0.349 e. The van der Waals surface area contributed by atoms with Crippen molar-refractivity contribution in [3.63, 3.8) is 0 Å². The second kappa shape index (κ2) is 6.10. The van der Waals surface area contributed by atoms with E-state index in [1.165, 1.54) is 21.6 Å². The molecule has 1 aliphatic carbocycles. The molecule has 4 rings (SSSR count). The van der Waals surface area contributed by atoms with Crippen LogP contribution in [0.1, 0.15) is 40.6 Å². The van der Waals surface area contributed by atoms with Crippen LogP contribution in [0, 0.1) is 0 Å². The van der Waals surface area contributed by atoms with Gasteiger partial charge in [0.1, 0.15) is 0 Å². The van der Waals surface area contributed by atoms with Crippen molar-refractivity contribution >= 4 is 17.2 Å². The summed E-state index contributed by atoms with van der Waals surface area (Å²) in [6, 6.07) is 11.5. The van der Waals surface area contributed by atoms with Gasteiger partial charge in [0.05, 0.1) is 4.88 Å². The molecule has 0 bridgehead atoms. The molecule has 1 fully saturated rings. The molecule has 0 radical (unpaired) electrons. The van der Waals surface area contributed by atoms with Gasteiger partial charge in [0.25, 0.3) is 5.91 Å². The zero-order valence-electron chi connectivity index (χ0n) is 13.4. The van der Waals surface area contributed by atoms with Gasteiger partial charge in [0.2, 0.25) is 0 Å². The molecular weight excluding hydrogens is 304 g/mol. The van der Waals surface area contributed by atoms with Crippen LogP contribution in [-0.2, 0) is 12.8 Å². The zero-order valence-corrected chi connectivity index (χ0v) is 14.2. The van der Waals surface area contributed by atoms with Gasteiger partial charge in [-0.05, 0) is 61.9 Å². The van der Waals surface area contributed by atoms with Gasteiger partial charge in [0.15, 0.2) is 0 Å². The third-order valence-electron chi connectivity index (χ3n) is 4.92. The van der Waals surface area contributed by atoms with Gasteiger partial charge >= 0.3 is 0 Å². The van der Waals surface area contributed by atoms with Gasteiger partial charge in [-0.2, -0.15) is 0 Å². The largest absolute Gasteiger partial charge is 0.349 e. The topological polar surface area (TPSA) is 41.1 Å². The Morgan fingerprint density at radius 2 is 2.09 bits per heavy atom. The Kier molecular flexibility index (Phi) is 3.95. The Morgan fingerprint density at radius 3 is 2.96 bits per heavy atom. The highest BCUT2D eigenvalue weighted by Gasteiger charge is 2.24. The van der Waals surface area contributed by atoms with E-state index in [9.17, 15) is 4.79 Å². The van der Waals surface area contributed by atoms with Crippen LogP contribution in [0.25, 0.3) is 10.4 Å². The van der Waals surface area contributed by atoms with Gasteiger partial charge in [-0.15, -0.1) is 11.3 Å². The van der Waals surface area contributed by atoms with Crippen molar-refractivity contribution in [1.29, 1.82) is 0 Å². The first kappa shape index (κ1) is 14.9. The van der Waals surface area contributed by atoms with E-state index in [1.54, 1.807) is 11.3 Å². The van der Waals surface area contributed by atoms with Gasteiger partial charge in [-0.1, -0.05) is 24.3 Å². The molecule has 0 saturated carbocycles. The van der Waals surface area contributed by atoms with Crippen molar-refractivity contribution in [3.8, 4) is 10.4 Å². The maximum absolute atomic E-state index is 12.6. The molecule has 1 aromatic carbocycles. The molecule has 0 spiro atoms. The van der Waals surface area contributed by atoms with Gasteiger partial charge in [-0.25, -0.2) is 0 Å². The van der Waals surface area contributed by atoms with E-state index in [-0.39, 0.29) is 5.91 Å². The quantitative estimate of drug-likeness (QED) is 0.888. The number of amides is 1. The second-order valence-electron chi connectivity index (χ2n) is 6.67. The summed E-state index contributed by atoms with van der Waals surface area (Å²) in [7, 11) is 0. The van der Waals surface area contributed by atoms with E-state index in [1.807, 2.05) is 0 Å². The number of nitrogens with one attached hydrogen (secondary N) is 2. The number of carbonyl (C=O) groups excluding carboxylic acids is 1. The predicted octanol–water partition coefficient (Wildman–Crippen LogP) is 3.38. The van der Waals surface area contributed by atoms with Gasteiger partial charge in [0, 0.05) is 17.0 Å². The molecule has 2 N–H and O–H groups in total. The normalized spacial score (nSPS) is 23.0. The van der Waals surface area contributed by atoms with E-state index >= 15 is 0 Å². The van der Waals surface area contributed by atoms with Crippen molar-refractivity contribution in [1.82, 2.24) is 10.6 Å². The third kappa shape index (κ3) is 2.93. The molecule has 1 amide bonds. The summed E-state index contributed by atoms with van der Waals surface area (Å²) in [5.74, 6) is 0.0981. The number of thiophene rings is 1. The highest BCUT2D eigenvalue weighted by molar-refractivity contribution is 7.17. The van der Waals surface area contributed by atoms with Crippen molar-refractivity contribution in [2.45, 2.75) is 44.7 Å². The first-order valence-corrected chi connectivity index (χ1v) is 9.27. The van der Waals surface area contributed by atoms with Gasteiger partial charge in [-0.3, -0.25) is 4.79 Å². The number of hydrogen-bond acceptors (Lipinski definition) is 3. The maximum Gasteiger partial charge on any atom is 0.261 e. The molecule has 4 heteroatoms. The van der Waals surface area contributed by atoms with E-state index < -0.39 is 0 Å². The molecule has 1 saturated heterocycles. The Bertz CT molecular complexity index is 737. The van der Waals surface area contributed by atoms with Crippen molar-refractivity contribution in [2.75, 3.05) is 6.54 Å². The molecule has 2 heterocycles. The molecule has 2 aliphatic rings. The number of aryl methyl sites for hydroxylation is 2. The Labute approximate surface area is 141 Å². The Morgan fingerprint density at radius 1 is 1.26 bits per heavy atom. The van der Waals surface area contributed by atoms with E-state index in [4.69, 9.17) is 0 Å². The number of benzene rings is 1. The van der Waals surface area contributed by atoms with E-state index in [0.29, 0.717) is 12.1 Å². The second-order valence-corrected chi connectivity index (χ2v) is 7.72. The number of hydrogen-bond donors (Lipinski definition) is 2.